The molecule has 7 nitrogen and oxygen atoms in total. The maximum absolute atomic E-state index is 12.1. The molecular formula is C19H16N2O5. The standard InChI is InChI=1S/C19H16N2O5/c1-11(22)21-15(13-3-5-17-19(7-13)26-10-24-17)8-14(20-21)12-2-4-16-18(6-12)25-9-23-16/h2-7,15H,8-10H2,1H3. The minimum atomic E-state index is -0.178. The van der Waals surface area contributed by atoms with E-state index in [-0.39, 0.29) is 25.5 Å². The van der Waals surface area contributed by atoms with Crippen LogP contribution in [0.2, 0.25) is 0 Å². The largest absolute Gasteiger partial charge is 0.454 e. The molecule has 2 aromatic carbocycles. The third-order valence-corrected chi connectivity index (χ3v) is 4.72. The van der Waals surface area contributed by atoms with Gasteiger partial charge in [0.25, 0.3) is 0 Å². The van der Waals surface area contributed by atoms with Gasteiger partial charge in [-0.25, -0.2) is 5.01 Å². The van der Waals surface area contributed by atoms with E-state index in [9.17, 15) is 4.79 Å². The molecule has 1 amide bonds. The summed E-state index contributed by atoms with van der Waals surface area (Å²) in [7, 11) is 0. The molecule has 5 rings (SSSR count). The molecule has 0 fully saturated rings. The van der Waals surface area contributed by atoms with Crippen LogP contribution in [0.15, 0.2) is 41.5 Å². The lowest BCUT2D eigenvalue weighted by molar-refractivity contribution is -0.130. The van der Waals surface area contributed by atoms with Gasteiger partial charge in [-0.1, -0.05) is 6.07 Å². The Hall–Kier alpha value is -3.22. The van der Waals surface area contributed by atoms with E-state index in [1.165, 1.54) is 11.9 Å². The lowest BCUT2D eigenvalue weighted by Gasteiger charge is -2.20. The van der Waals surface area contributed by atoms with Crippen molar-refractivity contribution >= 4 is 11.6 Å². The first-order chi connectivity index (χ1) is 12.7. The van der Waals surface area contributed by atoms with Crippen molar-refractivity contribution in [1.82, 2.24) is 5.01 Å². The van der Waals surface area contributed by atoms with E-state index in [2.05, 4.69) is 5.10 Å². The summed E-state index contributed by atoms with van der Waals surface area (Å²) in [5, 5.41) is 6.09. The fourth-order valence-corrected chi connectivity index (χ4v) is 3.43. The van der Waals surface area contributed by atoms with Gasteiger partial charge in [0, 0.05) is 18.9 Å². The third kappa shape index (κ3) is 2.35. The molecule has 0 radical (unpaired) electrons. The second-order valence-corrected chi connectivity index (χ2v) is 6.31. The molecule has 0 N–H and O–H groups in total. The summed E-state index contributed by atoms with van der Waals surface area (Å²) in [6, 6.07) is 11.3. The van der Waals surface area contributed by atoms with Crippen LogP contribution in [-0.4, -0.2) is 30.2 Å². The molecule has 1 atom stereocenters. The van der Waals surface area contributed by atoms with E-state index in [1.807, 2.05) is 36.4 Å². The van der Waals surface area contributed by atoms with Crippen LogP contribution in [-0.2, 0) is 4.79 Å². The molecule has 0 aliphatic carbocycles. The van der Waals surface area contributed by atoms with Gasteiger partial charge in [-0.05, 0) is 35.9 Å². The number of hydrogen-bond acceptors (Lipinski definition) is 6. The highest BCUT2D eigenvalue weighted by atomic mass is 16.7. The second-order valence-electron chi connectivity index (χ2n) is 6.31. The van der Waals surface area contributed by atoms with Gasteiger partial charge >= 0.3 is 0 Å². The highest BCUT2D eigenvalue weighted by molar-refractivity contribution is 6.03. The molecular weight excluding hydrogens is 336 g/mol. The summed E-state index contributed by atoms with van der Waals surface area (Å²) in [6.45, 7) is 1.97. The first-order valence-corrected chi connectivity index (χ1v) is 8.36. The van der Waals surface area contributed by atoms with Crippen molar-refractivity contribution in [2.24, 2.45) is 5.10 Å². The van der Waals surface area contributed by atoms with Gasteiger partial charge < -0.3 is 18.9 Å². The van der Waals surface area contributed by atoms with Crippen LogP contribution in [0.1, 0.15) is 30.5 Å². The zero-order valence-electron chi connectivity index (χ0n) is 14.1. The van der Waals surface area contributed by atoms with Gasteiger partial charge in [0.05, 0.1) is 11.8 Å². The van der Waals surface area contributed by atoms with Crippen LogP contribution < -0.4 is 18.9 Å². The van der Waals surface area contributed by atoms with E-state index in [4.69, 9.17) is 18.9 Å². The van der Waals surface area contributed by atoms with Crippen molar-refractivity contribution in [2.45, 2.75) is 19.4 Å². The zero-order valence-corrected chi connectivity index (χ0v) is 14.1. The van der Waals surface area contributed by atoms with Crippen LogP contribution in [0.25, 0.3) is 0 Å². The average molecular weight is 352 g/mol. The Labute approximate surface area is 149 Å². The quantitative estimate of drug-likeness (QED) is 0.831. The van der Waals surface area contributed by atoms with Gasteiger partial charge in [-0.3, -0.25) is 4.79 Å². The Morgan fingerprint density at radius 3 is 2.35 bits per heavy atom. The Morgan fingerprint density at radius 1 is 0.962 bits per heavy atom. The molecule has 7 heteroatoms. The first-order valence-electron chi connectivity index (χ1n) is 8.36. The van der Waals surface area contributed by atoms with E-state index < -0.39 is 0 Å². The zero-order chi connectivity index (χ0) is 17.7. The lowest BCUT2D eigenvalue weighted by Crippen LogP contribution is -2.24. The average Bonchev–Trinajstić information content (AvgIpc) is 3.38. The predicted molar refractivity (Wildman–Crippen MR) is 91.5 cm³/mol. The molecule has 2 aromatic rings. The summed E-state index contributed by atoms with van der Waals surface area (Å²) in [4.78, 5) is 12.1. The molecule has 3 aliphatic rings. The molecule has 1 unspecified atom stereocenters. The summed E-state index contributed by atoms with van der Waals surface area (Å²) >= 11 is 0. The van der Waals surface area contributed by atoms with Crippen LogP contribution in [0.4, 0.5) is 0 Å². The summed E-state index contributed by atoms with van der Waals surface area (Å²) in [5.41, 5.74) is 2.72. The van der Waals surface area contributed by atoms with E-state index in [0.29, 0.717) is 17.9 Å². The third-order valence-electron chi connectivity index (χ3n) is 4.72. The molecule has 132 valence electrons. The second kappa shape index (κ2) is 5.66. The highest BCUT2D eigenvalue weighted by Gasteiger charge is 2.33. The van der Waals surface area contributed by atoms with Crippen molar-refractivity contribution in [1.29, 1.82) is 0 Å². The summed E-state index contributed by atoms with van der Waals surface area (Å²) < 4.78 is 21.6. The topological polar surface area (TPSA) is 69.6 Å². The number of carbonyl (C=O) groups is 1. The van der Waals surface area contributed by atoms with Crippen LogP contribution in [0, 0.1) is 0 Å². The number of nitrogens with zero attached hydrogens (tertiary/aromatic N) is 2. The molecule has 3 heterocycles. The molecule has 0 saturated heterocycles. The molecule has 26 heavy (non-hydrogen) atoms. The van der Waals surface area contributed by atoms with Gasteiger partial charge in [0.1, 0.15) is 0 Å². The van der Waals surface area contributed by atoms with E-state index in [1.54, 1.807) is 0 Å². The molecule has 0 spiro atoms. The first kappa shape index (κ1) is 15.1. The Bertz CT molecular complexity index is 940. The van der Waals surface area contributed by atoms with Crippen molar-refractivity contribution in [3.05, 3.63) is 47.5 Å². The number of hydrazone groups is 1. The van der Waals surface area contributed by atoms with Crippen molar-refractivity contribution in [2.75, 3.05) is 13.6 Å². The fourth-order valence-electron chi connectivity index (χ4n) is 3.43. The lowest BCUT2D eigenvalue weighted by atomic mass is 9.98. The highest BCUT2D eigenvalue weighted by Crippen LogP contribution is 2.40. The van der Waals surface area contributed by atoms with Crippen LogP contribution in [0.3, 0.4) is 0 Å². The van der Waals surface area contributed by atoms with Gasteiger partial charge in [0.15, 0.2) is 23.0 Å². The van der Waals surface area contributed by atoms with E-state index >= 15 is 0 Å². The van der Waals surface area contributed by atoms with Gasteiger partial charge in [-0.2, -0.15) is 5.10 Å². The van der Waals surface area contributed by atoms with Crippen LogP contribution >= 0.6 is 0 Å². The number of rotatable bonds is 2. The number of ether oxygens (including phenoxy) is 4. The number of benzene rings is 2. The fraction of sp³-hybridized carbons (Fsp3) is 0.263. The van der Waals surface area contributed by atoms with Crippen LogP contribution in [0.5, 0.6) is 23.0 Å². The minimum absolute atomic E-state index is 0.108. The van der Waals surface area contributed by atoms with Gasteiger partial charge in [-0.15, -0.1) is 0 Å². The molecule has 0 aromatic heterocycles. The summed E-state index contributed by atoms with van der Waals surface area (Å²) in [6.07, 6.45) is 0.610. The Kier molecular flexibility index (Phi) is 3.28. The number of carbonyl (C=O) groups excluding carboxylic acids is 1. The maximum Gasteiger partial charge on any atom is 0.240 e. The van der Waals surface area contributed by atoms with Crippen molar-refractivity contribution in [3.63, 3.8) is 0 Å². The summed E-state index contributed by atoms with van der Waals surface area (Å²) in [5.74, 6) is 2.73. The number of fused-ring (bicyclic) bond motifs is 2. The number of hydrogen-bond donors (Lipinski definition) is 0. The van der Waals surface area contributed by atoms with E-state index in [0.717, 1.165) is 28.3 Å². The van der Waals surface area contributed by atoms with Crippen molar-refractivity contribution < 1.29 is 23.7 Å². The minimum Gasteiger partial charge on any atom is -0.454 e. The Morgan fingerprint density at radius 2 is 1.62 bits per heavy atom. The maximum atomic E-state index is 12.1. The van der Waals surface area contributed by atoms with Crippen molar-refractivity contribution in [3.8, 4) is 23.0 Å². The molecule has 3 aliphatic heterocycles. The molecule has 0 saturated carbocycles. The number of amides is 1. The molecule has 0 bridgehead atoms. The van der Waals surface area contributed by atoms with Gasteiger partial charge in [0.2, 0.25) is 19.5 Å². The monoisotopic (exact) mass is 352 g/mol. The Balaban J connectivity index is 1.48. The predicted octanol–water partition coefficient (Wildman–Crippen LogP) is 2.84. The normalized spacial score (nSPS) is 19.7. The smallest absolute Gasteiger partial charge is 0.240 e. The SMILES string of the molecule is CC(=O)N1N=C(c2ccc3c(c2)OCO3)CC1c1ccc2c(c1)OCO2.